The second kappa shape index (κ2) is 7.90. The Morgan fingerprint density at radius 2 is 1.85 bits per heavy atom. The maximum absolute atomic E-state index is 13.2. The number of hydrogen-bond donors (Lipinski definition) is 2. The maximum atomic E-state index is 13.2. The number of ketones is 2. The molecule has 2 amide bonds. The number of aliphatic hydroxyl groups is 1. The fourth-order valence-electron chi connectivity index (χ4n) is 5.73. The number of Topliss-reactive ketones (excluding diaryl/α,β-unsaturated/α-hetero) is 1. The summed E-state index contributed by atoms with van der Waals surface area (Å²) >= 11 is 0. The van der Waals surface area contributed by atoms with Crippen molar-refractivity contribution in [2.75, 3.05) is 13.2 Å². The van der Waals surface area contributed by atoms with Crippen molar-refractivity contribution in [1.82, 2.24) is 5.06 Å². The molecule has 1 heterocycles. The molecule has 1 aromatic carbocycles. The molecule has 0 aromatic heterocycles. The molecule has 0 bridgehead atoms. The van der Waals surface area contributed by atoms with Crippen LogP contribution >= 0.6 is 0 Å². The van der Waals surface area contributed by atoms with Crippen LogP contribution in [0.3, 0.4) is 0 Å². The third-order valence-electron chi connectivity index (χ3n) is 7.12. The van der Waals surface area contributed by atoms with Crippen LogP contribution < -0.4 is 4.74 Å². The van der Waals surface area contributed by atoms with Gasteiger partial charge in [0.05, 0.1) is 18.4 Å². The molecular weight excluding hydrogens is 426 g/mol. The van der Waals surface area contributed by atoms with E-state index in [2.05, 4.69) is 0 Å². The molecule has 170 valence electrons. The van der Waals surface area contributed by atoms with Gasteiger partial charge in [0.1, 0.15) is 12.4 Å². The number of hydroxylamine groups is 2. The molecule has 5 rings (SSSR count). The van der Waals surface area contributed by atoms with Crippen molar-refractivity contribution < 1.29 is 34.2 Å². The Kier molecular flexibility index (Phi) is 5.14. The van der Waals surface area contributed by atoms with Gasteiger partial charge in [-0.3, -0.25) is 24.4 Å². The van der Waals surface area contributed by atoms with Crippen molar-refractivity contribution in [3.05, 3.63) is 64.3 Å². The van der Waals surface area contributed by atoms with Crippen molar-refractivity contribution in [2.24, 2.45) is 17.8 Å². The van der Waals surface area contributed by atoms with Crippen LogP contribution in [0.4, 0.5) is 0 Å². The van der Waals surface area contributed by atoms with E-state index in [4.69, 9.17) is 4.74 Å². The molecule has 4 atom stereocenters. The highest BCUT2D eigenvalue weighted by Gasteiger charge is 2.56. The molecule has 1 aliphatic heterocycles. The van der Waals surface area contributed by atoms with E-state index in [0.717, 1.165) is 5.57 Å². The number of hydrogen-bond acceptors (Lipinski definition) is 7. The first-order chi connectivity index (χ1) is 15.8. The van der Waals surface area contributed by atoms with Crippen molar-refractivity contribution in [3.8, 4) is 5.75 Å². The van der Waals surface area contributed by atoms with E-state index in [9.17, 15) is 29.5 Å². The zero-order valence-electron chi connectivity index (χ0n) is 18.0. The highest BCUT2D eigenvalue weighted by atomic mass is 16.5. The van der Waals surface area contributed by atoms with Gasteiger partial charge in [-0.1, -0.05) is 29.8 Å². The van der Waals surface area contributed by atoms with Gasteiger partial charge in [0.2, 0.25) is 0 Å². The highest BCUT2D eigenvalue weighted by molar-refractivity contribution is 6.23. The number of rotatable bonds is 4. The molecule has 33 heavy (non-hydrogen) atoms. The number of allylic oxidation sites excluding steroid dienone is 6. The highest BCUT2D eigenvalue weighted by Crippen LogP contribution is 2.55. The maximum Gasteiger partial charge on any atom is 0.257 e. The summed E-state index contributed by atoms with van der Waals surface area (Å²) in [6.07, 6.45) is 3.63. The molecule has 0 spiro atoms. The van der Waals surface area contributed by atoms with Crippen LogP contribution in [-0.4, -0.2) is 52.0 Å². The minimum atomic E-state index is -0.793. The van der Waals surface area contributed by atoms with Gasteiger partial charge in [0, 0.05) is 28.2 Å². The lowest BCUT2D eigenvalue weighted by atomic mass is 9.59. The van der Waals surface area contributed by atoms with Gasteiger partial charge in [0.25, 0.3) is 11.8 Å². The Labute approximate surface area is 189 Å². The van der Waals surface area contributed by atoms with E-state index in [-0.39, 0.29) is 42.7 Å². The Morgan fingerprint density at radius 3 is 2.61 bits per heavy atom. The monoisotopic (exact) mass is 449 g/mol. The Bertz CT molecular complexity index is 1190. The molecule has 4 aliphatic rings. The number of para-hydroxylation sites is 1. The number of amides is 2. The molecule has 8 nitrogen and oxygen atoms in total. The number of nitrogens with zero attached hydrogens (tertiary/aromatic N) is 1. The second-order valence-electron chi connectivity index (χ2n) is 8.83. The average Bonchev–Trinajstić information content (AvgIpc) is 3.04. The Hall–Kier alpha value is -3.36. The van der Waals surface area contributed by atoms with Crippen LogP contribution in [0.25, 0.3) is 0 Å². The molecule has 3 aliphatic carbocycles. The van der Waals surface area contributed by atoms with Crippen molar-refractivity contribution in [3.63, 3.8) is 0 Å². The standard InChI is InChI=1S/C25H23NO7/c1-12-10-18(28)22-17(23(12)29)11-16-13(6-7-15-21(16)25(31)26(32)24(15)30)20(22)14-4-2-3-5-19(14)33-9-8-27/h2-6,10,15-16,20-21,27,32H,7-9,11H2,1H3. The van der Waals surface area contributed by atoms with E-state index in [1.165, 1.54) is 6.08 Å². The van der Waals surface area contributed by atoms with Crippen LogP contribution in [0.2, 0.25) is 0 Å². The van der Waals surface area contributed by atoms with Gasteiger partial charge in [0.15, 0.2) is 11.6 Å². The fourth-order valence-corrected chi connectivity index (χ4v) is 5.73. The van der Waals surface area contributed by atoms with Crippen LogP contribution in [0.15, 0.2) is 58.7 Å². The summed E-state index contributed by atoms with van der Waals surface area (Å²) < 4.78 is 5.74. The number of aliphatic hydroxyl groups excluding tert-OH is 1. The van der Waals surface area contributed by atoms with Crippen LogP contribution in [0.1, 0.15) is 31.2 Å². The summed E-state index contributed by atoms with van der Waals surface area (Å²) in [7, 11) is 0. The molecule has 1 fully saturated rings. The summed E-state index contributed by atoms with van der Waals surface area (Å²) in [6, 6.07) is 7.11. The first kappa shape index (κ1) is 21.5. The quantitative estimate of drug-likeness (QED) is 0.312. The SMILES string of the molecule is CC1=CC(=O)C2=C(CC3C(=CCC4C(=O)N(O)C(=O)C43)C2c2ccccc2OCCO)C1=O. The minimum Gasteiger partial charge on any atom is -0.491 e. The zero-order chi connectivity index (χ0) is 23.4. The second-order valence-corrected chi connectivity index (χ2v) is 8.83. The topological polar surface area (TPSA) is 121 Å². The average molecular weight is 449 g/mol. The van der Waals surface area contributed by atoms with Crippen LogP contribution in [0.5, 0.6) is 5.75 Å². The molecule has 1 aromatic rings. The number of benzene rings is 1. The lowest BCUT2D eigenvalue weighted by molar-refractivity contribution is -0.173. The fraction of sp³-hybridized carbons (Fsp3) is 0.360. The number of imide groups is 1. The number of fused-ring (bicyclic) bond motifs is 3. The Morgan fingerprint density at radius 1 is 1.09 bits per heavy atom. The smallest absolute Gasteiger partial charge is 0.257 e. The van der Waals surface area contributed by atoms with Crippen molar-refractivity contribution in [2.45, 2.75) is 25.7 Å². The van der Waals surface area contributed by atoms with Gasteiger partial charge in [-0.15, -0.1) is 0 Å². The van der Waals surface area contributed by atoms with E-state index >= 15 is 0 Å². The molecule has 8 heteroatoms. The van der Waals surface area contributed by atoms with Gasteiger partial charge >= 0.3 is 0 Å². The van der Waals surface area contributed by atoms with E-state index in [1.54, 1.807) is 31.2 Å². The van der Waals surface area contributed by atoms with Gasteiger partial charge in [-0.25, -0.2) is 0 Å². The first-order valence-corrected chi connectivity index (χ1v) is 10.9. The predicted octanol–water partition coefficient (Wildman–Crippen LogP) is 1.88. The summed E-state index contributed by atoms with van der Waals surface area (Å²) in [5.74, 6) is -3.97. The number of carbonyl (C=O) groups is 4. The summed E-state index contributed by atoms with van der Waals surface area (Å²) in [5, 5.41) is 19.4. The van der Waals surface area contributed by atoms with Gasteiger partial charge < -0.3 is 9.84 Å². The van der Waals surface area contributed by atoms with Crippen LogP contribution in [0, 0.1) is 17.8 Å². The van der Waals surface area contributed by atoms with Gasteiger partial charge in [-0.05, 0) is 37.8 Å². The summed E-state index contributed by atoms with van der Waals surface area (Å²) in [6.45, 7) is 1.46. The zero-order valence-corrected chi connectivity index (χ0v) is 18.0. The summed E-state index contributed by atoms with van der Waals surface area (Å²) in [5.41, 5.74) is 2.48. The normalized spacial score (nSPS) is 28.9. The number of carbonyl (C=O) groups excluding carboxylic acids is 4. The lowest BCUT2D eigenvalue weighted by Crippen LogP contribution is -2.39. The van der Waals surface area contributed by atoms with Crippen molar-refractivity contribution >= 4 is 23.4 Å². The predicted molar refractivity (Wildman–Crippen MR) is 114 cm³/mol. The Balaban J connectivity index is 1.71. The summed E-state index contributed by atoms with van der Waals surface area (Å²) in [4.78, 5) is 51.6. The molecule has 4 unspecified atom stereocenters. The first-order valence-electron chi connectivity index (χ1n) is 10.9. The molecule has 0 saturated carbocycles. The molecule has 2 N–H and O–H groups in total. The minimum absolute atomic E-state index is 0.0567. The third-order valence-corrected chi connectivity index (χ3v) is 7.12. The van der Waals surface area contributed by atoms with E-state index < -0.39 is 35.5 Å². The van der Waals surface area contributed by atoms with Crippen LogP contribution in [-0.2, 0) is 19.2 Å². The van der Waals surface area contributed by atoms with Gasteiger partial charge in [-0.2, -0.15) is 5.06 Å². The molecule has 0 radical (unpaired) electrons. The largest absolute Gasteiger partial charge is 0.491 e. The van der Waals surface area contributed by atoms with E-state index in [1.807, 2.05) is 6.08 Å². The molecule has 1 saturated heterocycles. The number of ether oxygens (including phenoxy) is 1. The van der Waals surface area contributed by atoms with Crippen molar-refractivity contribution in [1.29, 1.82) is 0 Å². The lowest BCUT2D eigenvalue weighted by Gasteiger charge is -2.42. The van der Waals surface area contributed by atoms with E-state index in [0.29, 0.717) is 28.0 Å². The molecular formula is C25H23NO7. The third kappa shape index (κ3) is 3.13.